The number of hydrogen-bond acceptors (Lipinski definition) is 4. The monoisotopic (exact) mass is 399 g/mol. The molecular formula is C24H33NO2S. The summed E-state index contributed by atoms with van der Waals surface area (Å²) in [6.45, 7) is 7.68. The molecule has 0 unspecified atom stereocenters. The first-order chi connectivity index (χ1) is 13.6. The predicted molar refractivity (Wildman–Crippen MR) is 119 cm³/mol. The van der Waals surface area contributed by atoms with Crippen LogP contribution in [-0.4, -0.2) is 24.7 Å². The lowest BCUT2D eigenvalue weighted by Crippen LogP contribution is -2.50. The van der Waals surface area contributed by atoms with Gasteiger partial charge in [-0.2, -0.15) is 0 Å². The van der Waals surface area contributed by atoms with Crippen LogP contribution in [0.3, 0.4) is 0 Å². The zero-order valence-corrected chi connectivity index (χ0v) is 18.4. The van der Waals surface area contributed by atoms with Crippen molar-refractivity contribution in [2.24, 2.45) is 5.92 Å². The highest BCUT2D eigenvalue weighted by Gasteiger charge is 2.35. The van der Waals surface area contributed by atoms with Gasteiger partial charge < -0.3 is 10.1 Å². The van der Waals surface area contributed by atoms with E-state index in [2.05, 4.69) is 26.1 Å². The molecular weight excluding hydrogens is 366 g/mol. The third-order valence-corrected chi connectivity index (χ3v) is 6.75. The Morgan fingerprint density at radius 1 is 1.18 bits per heavy atom. The fraction of sp³-hybridized carbons (Fsp3) is 0.458. The van der Waals surface area contributed by atoms with Gasteiger partial charge in [0.25, 0.3) is 0 Å². The van der Waals surface area contributed by atoms with Crippen molar-refractivity contribution in [3.8, 4) is 5.75 Å². The predicted octanol–water partition coefficient (Wildman–Crippen LogP) is 5.97. The molecule has 3 rings (SSSR count). The van der Waals surface area contributed by atoms with Crippen LogP contribution in [0.2, 0.25) is 0 Å². The molecule has 3 nitrogen and oxygen atoms in total. The molecule has 2 aromatic rings. The van der Waals surface area contributed by atoms with Crippen LogP contribution in [0.5, 0.6) is 5.75 Å². The summed E-state index contributed by atoms with van der Waals surface area (Å²) in [5.41, 5.74) is 2.03. The van der Waals surface area contributed by atoms with Gasteiger partial charge >= 0.3 is 0 Å². The number of unbranched alkanes of at least 4 members (excludes halogenated alkanes) is 1. The van der Waals surface area contributed by atoms with E-state index in [-0.39, 0.29) is 5.54 Å². The molecule has 0 fully saturated rings. The van der Waals surface area contributed by atoms with Crippen molar-refractivity contribution in [2.45, 2.75) is 57.0 Å². The van der Waals surface area contributed by atoms with Crippen LogP contribution in [0.15, 0.2) is 53.4 Å². The molecule has 2 aromatic carbocycles. The van der Waals surface area contributed by atoms with Crippen molar-refractivity contribution in [2.75, 3.05) is 12.9 Å². The van der Waals surface area contributed by atoms with Crippen molar-refractivity contribution in [3.05, 3.63) is 59.7 Å². The number of benzene rings is 2. The number of carbonyl (C=O) groups is 1. The number of nitrogens with one attached hydrogen (secondary N) is 1. The van der Waals surface area contributed by atoms with Gasteiger partial charge in [-0.3, -0.25) is 4.79 Å². The molecule has 1 heterocycles. The third kappa shape index (κ3) is 5.86. The lowest BCUT2D eigenvalue weighted by atomic mass is 9.83. The van der Waals surface area contributed by atoms with Gasteiger partial charge in [-0.05, 0) is 30.0 Å². The molecule has 4 heteroatoms. The maximum Gasteiger partial charge on any atom is 0.153 e. The molecule has 0 aromatic heterocycles. The Kier molecular flexibility index (Phi) is 9.07. The summed E-state index contributed by atoms with van der Waals surface area (Å²) in [7, 11) is 1.62. The van der Waals surface area contributed by atoms with Gasteiger partial charge in [-0.1, -0.05) is 70.0 Å². The number of thioether (sulfide) groups is 1. The van der Waals surface area contributed by atoms with Crippen LogP contribution in [0.4, 0.5) is 0 Å². The average Bonchev–Trinajstić information content (AvgIpc) is 2.93. The lowest BCUT2D eigenvalue weighted by Gasteiger charge is -2.37. The zero-order chi connectivity index (χ0) is 20.4. The zero-order valence-electron chi connectivity index (χ0n) is 17.5. The SMILES string of the molecule is CCCC[C@]1(C(C)C)CSc2cc(C=O)c(OC)cc2CN1.c1ccccc1. The number of fused-ring (bicyclic) bond motifs is 1. The Morgan fingerprint density at radius 2 is 1.82 bits per heavy atom. The first-order valence-electron chi connectivity index (χ1n) is 10.1. The van der Waals surface area contributed by atoms with Crippen molar-refractivity contribution in [1.29, 1.82) is 0 Å². The van der Waals surface area contributed by atoms with Crippen LogP contribution in [0.25, 0.3) is 0 Å². The molecule has 0 amide bonds. The molecule has 0 saturated carbocycles. The molecule has 0 saturated heterocycles. The summed E-state index contributed by atoms with van der Waals surface area (Å²) in [6, 6.07) is 16.0. The number of methoxy groups -OCH3 is 1. The van der Waals surface area contributed by atoms with Crippen molar-refractivity contribution in [3.63, 3.8) is 0 Å². The van der Waals surface area contributed by atoms with Crippen LogP contribution < -0.4 is 10.1 Å². The standard InChI is InChI=1S/C18H27NO2S.C6H6/c1-5-6-7-18(13(2)3)12-22-17-9-15(11-20)16(21-4)8-14(17)10-19-18;1-2-4-6-5-3-1/h8-9,11,13,19H,5-7,10,12H2,1-4H3;1-6H/t18-;/m1./s1. The maximum atomic E-state index is 11.2. The van der Waals surface area contributed by atoms with Gasteiger partial charge in [-0.25, -0.2) is 0 Å². The third-order valence-electron chi connectivity index (χ3n) is 5.40. The fourth-order valence-corrected chi connectivity index (χ4v) is 4.90. The van der Waals surface area contributed by atoms with E-state index in [0.717, 1.165) is 18.6 Å². The van der Waals surface area contributed by atoms with E-state index >= 15 is 0 Å². The van der Waals surface area contributed by atoms with E-state index in [1.807, 2.05) is 60.3 Å². The topological polar surface area (TPSA) is 38.3 Å². The molecule has 0 spiro atoms. The molecule has 1 aliphatic heterocycles. The highest BCUT2D eigenvalue weighted by atomic mass is 32.2. The molecule has 1 N–H and O–H groups in total. The first kappa shape index (κ1) is 22.5. The average molecular weight is 400 g/mol. The Balaban J connectivity index is 0.000000397. The number of aldehydes is 1. The molecule has 152 valence electrons. The first-order valence-corrected chi connectivity index (χ1v) is 11.1. The molecule has 1 aliphatic rings. The summed E-state index contributed by atoms with van der Waals surface area (Å²) in [5, 5.41) is 3.81. The van der Waals surface area contributed by atoms with E-state index in [4.69, 9.17) is 4.74 Å². The van der Waals surface area contributed by atoms with Crippen LogP contribution in [-0.2, 0) is 6.54 Å². The second-order valence-electron chi connectivity index (χ2n) is 7.53. The molecule has 28 heavy (non-hydrogen) atoms. The van der Waals surface area contributed by atoms with Crippen LogP contribution in [0.1, 0.15) is 56.0 Å². The Labute approximate surface area is 174 Å². The van der Waals surface area contributed by atoms with E-state index in [1.54, 1.807) is 7.11 Å². The number of rotatable bonds is 6. The quantitative estimate of drug-likeness (QED) is 0.607. The number of hydrogen-bond donors (Lipinski definition) is 1. The molecule has 1 atom stereocenters. The summed E-state index contributed by atoms with van der Waals surface area (Å²) >= 11 is 1.87. The van der Waals surface area contributed by atoms with Crippen LogP contribution >= 0.6 is 11.8 Å². The maximum absolute atomic E-state index is 11.2. The van der Waals surface area contributed by atoms with Gasteiger partial charge in [0.15, 0.2) is 6.29 Å². The Morgan fingerprint density at radius 3 is 2.32 bits per heavy atom. The number of carbonyl (C=O) groups excluding carboxylic acids is 1. The summed E-state index contributed by atoms with van der Waals surface area (Å²) in [6.07, 6.45) is 4.53. The normalized spacial score (nSPS) is 18.5. The second-order valence-corrected chi connectivity index (χ2v) is 8.55. The minimum Gasteiger partial charge on any atom is -0.496 e. The van der Waals surface area contributed by atoms with E-state index in [9.17, 15) is 4.79 Å². The summed E-state index contributed by atoms with van der Waals surface area (Å²) < 4.78 is 5.34. The highest BCUT2D eigenvalue weighted by Crippen LogP contribution is 2.38. The van der Waals surface area contributed by atoms with Gasteiger partial charge in [0.05, 0.1) is 12.7 Å². The van der Waals surface area contributed by atoms with E-state index < -0.39 is 0 Å². The fourth-order valence-electron chi connectivity index (χ4n) is 3.39. The van der Waals surface area contributed by atoms with E-state index in [0.29, 0.717) is 17.2 Å². The van der Waals surface area contributed by atoms with E-state index in [1.165, 1.54) is 29.7 Å². The van der Waals surface area contributed by atoms with Gasteiger partial charge in [0.2, 0.25) is 0 Å². The molecule has 0 aliphatic carbocycles. The molecule has 0 radical (unpaired) electrons. The summed E-state index contributed by atoms with van der Waals surface area (Å²) in [4.78, 5) is 12.4. The van der Waals surface area contributed by atoms with Gasteiger partial charge in [-0.15, -0.1) is 11.8 Å². The van der Waals surface area contributed by atoms with Crippen molar-refractivity contribution in [1.82, 2.24) is 5.32 Å². The minimum absolute atomic E-state index is 0.161. The van der Waals surface area contributed by atoms with Gasteiger partial charge in [0.1, 0.15) is 5.75 Å². The Bertz CT molecular complexity index is 706. The lowest BCUT2D eigenvalue weighted by molar-refractivity contribution is 0.112. The van der Waals surface area contributed by atoms with Gasteiger partial charge in [0, 0.05) is 22.7 Å². The number of ether oxygens (including phenoxy) is 1. The Hall–Kier alpha value is -1.78. The second kappa shape index (κ2) is 11.3. The van der Waals surface area contributed by atoms with Crippen LogP contribution in [0, 0.1) is 5.92 Å². The molecule has 0 bridgehead atoms. The summed E-state index contributed by atoms with van der Waals surface area (Å²) in [5.74, 6) is 2.29. The largest absolute Gasteiger partial charge is 0.496 e. The minimum atomic E-state index is 0.161. The highest BCUT2D eigenvalue weighted by molar-refractivity contribution is 7.99. The van der Waals surface area contributed by atoms with Crippen molar-refractivity contribution >= 4 is 18.0 Å². The smallest absolute Gasteiger partial charge is 0.153 e. The van der Waals surface area contributed by atoms with Crippen molar-refractivity contribution < 1.29 is 9.53 Å².